The number of ether oxygens (including phenoxy) is 1. The molecule has 0 aliphatic rings. The second kappa shape index (κ2) is 4.76. The quantitative estimate of drug-likeness (QED) is 0.787. The van der Waals surface area contributed by atoms with Gasteiger partial charge in [0.25, 0.3) is 0 Å². The van der Waals surface area contributed by atoms with Crippen molar-refractivity contribution in [2.24, 2.45) is 0 Å². The molecule has 0 saturated carbocycles. The van der Waals surface area contributed by atoms with Crippen LogP contribution in [0, 0.1) is 0 Å². The predicted octanol–water partition coefficient (Wildman–Crippen LogP) is 3.44. The molecule has 2 aromatic heterocycles. The molecule has 0 saturated heterocycles. The number of aromatic nitrogens is 1. The van der Waals surface area contributed by atoms with Gasteiger partial charge in [0.1, 0.15) is 5.01 Å². The highest BCUT2D eigenvalue weighted by Crippen LogP contribution is 2.27. The first-order valence-electron chi connectivity index (χ1n) is 4.87. The summed E-state index contributed by atoms with van der Waals surface area (Å²) in [4.78, 5) is 16.9. The molecule has 5 heteroatoms. The third kappa shape index (κ3) is 2.48. The van der Waals surface area contributed by atoms with Gasteiger partial charge in [0, 0.05) is 5.38 Å². The van der Waals surface area contributed by atoms with Gasteiger partial charge in [0.2, 0.25) is 0 Å². The number of carbonyl (C=O) groups excluding carboxylic acids is 1. The first-order valence-corrected chi connectivity index (χ1v) is 6.63. The molecule has 0 fully saturated rings. The molecule has 2 aromatic rings. The number of rotatable bonds is 3. The summed E-state index contributed by atoms with van der Waals surface area (Å²) in [7, 11) is 0. The summed E-state index contributed by atoms with van der Waals surface area (Å²) in [6, 6.07) is 3.95. The molecular weight excluding hydrogens is 242 g/mol. The third-order valence-corrected chi connectivity index (χ3v) is 3.67. The van der Waals surface area contributed by atoms with Crippen LogP contribution in [-0.4, -0.2) is 17.1 Å². The van der Waals surface area contributed by atoms with Crippen LogP contribution in [0.1, 0.15) is 24.3 Å². The van der Waals surface area contributed by atoms with Crippen molar-refractivity contribution >= 4 is 28.6 Å². The van der Waals surface area contributed by atoms with Gasteiger partial charge in [-0.2, -0.15) is 0 Å². The molecule has 0 N–H and O–H groups in total. The Morgan fingerprint density at radius 2 is 2.25 bits per heavy atom. The van der Waals surface area contributed by atoms with E-state index < -0.39 is 0 Å². The highest BCUT2D eigenvalue weighted by molar-refractivity contribution is 7.20. The number of hydrogen-bond donors (Lipinski definition) is 0. The summed E-state index contributed by atoms with van der Waals surface area (Å²) in [6.45, 7) is 3.65. The molecule has 0 bridgehead atoms. The van der Waals surface area contributed by atoms with Crippen molar-refractivity contribution in [1.29, 1.82) is 0 Å². The van der Waals surface area contributed by atoms with Gasteiger partial charge < -0.3 is 4.74 Å². The van der Waals surface area contributed by atoms with E-state index in [-0.39, 0.29) is 12.1 Å². The molecule has 3 nitrogen and oxygen atoms in total. The lowest BCUT2D eigenvalue weighted by atomic mass is 10.4. The number of esters is 1. The van der Waals surface area contributed by atoms with Crippen LogP contribution in [0.4, 0.5) is 0 Å². The SMILES string of the molecule is CC(C)OC(=O)c1csc(-c2cccs2)n1. The van der Waals surface area contributed by atoms with Crippen LogP contribution in [0.2, 0.25) is 0 Å². The van der Waals surface area contributed by atoms with Crippen LogP contribution >= 0.6 is 22.7 Å². The van der Waals surface area contributed by atoms with E-state index in [1.807, 2.05) is 31.4 Å². The van der Waals surface area contributed by atoms with Crippen LogP contribution in [0.3, 0.4) is 0 Å². The van der Waals surface area contributed by atoms with E-state index in [0.717, 1.165) is 9.88 Å². The maximum absolute atomic E-state index is 11.6. The smallest absolute Gasteiger partial charge is 0.358 e. The van der Waals surface area contributed by atoms with Gasteiger partial charge >= 0.3 is 5.97 Å². The molecule has 2 heterocycles. The summed E-state index contributed by atoms with van der Waals surface area (Å²) in [5, 5.41) is 4.59. The number of nitrogens with zero attached hydrogens (tertiary/aromatic N) is 1. The molecular formula is C11H11NO2S2. The van der Waals surface area contributed by atoms with Crippen LogP contribution in [0.25, 0.3) is 9.88 Å². The van der Waals surface area contributed by atoms with Crippen LogP contribution in [0.15, 0.2) is 22.9 Å². The number of hydrogen-bond acceptors (Lipinski definition) is 5. The molecule has 0 aromatic carbocycles. The maximum atomic E-state index is 11.6. The molecule has 0 aliphatic carbocycles. The van der Waals surface area contributed by atoms with Crippen molar-refractivity contribution in [3.8, 4) is 9.88 Å². The van der Waals surface area contributed by atoms with E-state index in [1.54, 1.807) is 16.7 Å². The fourth-order valence-corrected chi connectivity index (χ4v) is 2.76. The summed E-state index contributed by atoms with van der Waals surface area (Å²) in [6.07, 6.45) is -0.112. The second-order valence-corrected chi connectivity index (χ2v) is 5.28. The summed E-state index contributed by atoms with van der Waals surface area (Å²) < 4.78 is 5.08. The minimum Gasteiger partial charge on any atom is -0.458 e. The van der Waals surface area contributed by atoms with Gasteiger partial charge in [-0.1, -0.05) is 6.07 Å². The zero-order valence-corrected chi connectivity index (χ0v) is 10.6. The predicted molar refractivity (Wildman–Crippen MR) is 66.0 cm³/mol. The van der Waals surface area contributed by atoms with Crippen molar-refractivity contribution in [2.75, 3.05) is 0 Å². The first-order chi connectivity index (χ1) is 7.66. The third-order valence-electron chi connectivity index (χ3n) is 1.79. The zero-order chi connectivity index (χ0) is 11.5. The lowest BCUT2D eigenvalue weighted by Crippen LogP contribution is -2.11. The van der Waals surface area contributed by atoms with E-state index in [0.29, 0.717) is 5.69 Å². The molecule has 0 radical (unpaired) electrons. The fourth-order valence-electron chi connectivity index (χ4n) is 1.16. The van der Waals surface area contributed by atoms with Gasteiger partial charge in [-0.15, -0.1) is 22.7 Å². The number of thiophene rings is 1. The van der Waals surface area contributed by atoms with E-state index >= 15 is 0 Å². The molecule has 0 aliphatic heterocycles. The Balaban J connectivity index is 2.17. The number of thiazole rings is 1. The summed E-state index contributed by atoms with van der Waals surface area (Å²) in [5.41, 5.74) is 0.391. The second-order valence-electron chi connectivity index (χ2n) is 3.47. The minimum atomic E-state index is -0.353. The average Bonchev–Trinajstić information content (AvgIpc) is 2.87. The highest BCUT2D eigenvalue weighted by atomic mass is 32.1. The molecule has 0 atom stereocenters. The first kappa shape index (κ1) is 11.3. The van der Waals surface area contributed by atoms with Gasteiger partial charge in [0.15, 0.2) is 5.69 Å². The van der Waals surface area contributed by atoms with Gasteiger partial charge in [-0.05, 0) is 25.3 Å². The molecule has 0 unspecified atom stereocenters. The lowest BCUT2D eigenvalue weighted by Gasteiger charge is -2.04. The van der Waals surface area contributed by atoms with Crippen LogP contribution in [-0.2, 0) is 4.74 Å². The standard InChI is InChI=1S/C11H11NO2S2/c1-7(2)14-11(13)8-6-16-10(12-8)9-4-3-5-15-9/h3-7H,1-2H3. The van der Waals surface area contributed by atoms with Gasteiger partial charge in [-0.3, -0.25) is 0 Å². The maximum Gasteiger partial charge on any atom is 0.358 e. The van der Waals surface area contributed by atoms with Crippen molar-refractivity contribution < 1.29 is 9.53 Å². The summed E-state index contributed by atoms with van der Waals surface area (Å²) >= 11 is 3.07. The topological polar surface area (TPSA) is 39.2 Å². The minimum absolute atomic E-state index is 0.112. The molecule has 0 spiro atoms. The average molecular weight is 253 g/mol. The zero-order valence-electron chi connectivity index (χ0n) is 8.97. The Bertz CT molecular complexity index is 474. The normalized spacial score (nSPS) is 10.7. The van der Waals surface area contributed by atoms with Crippen molar-refractivity contribution in [1.82, 2.24) is 4.98 Å². The molecule has 0 amide bonds. The van der Waals surface area contributed by atoms with Gasteiger partial charge in [-0.25, -0.2) is 9.78 Å². The Labute approximate surface area is 102 Å². The van der Waals surface area contributed by atoms with E-state index in [9.17, 15) is 4.79 Å². The molecule has 16 heavy (non-hydrogen) atoms. The van der Waals surface area contributed by atoms with E-state index in [2.05, 4.69) is 4.98 Å². The Morgan fingerprint density at radius 3 is 2.88 bits per heavy atom. The molecule has 2 rings (SSSR count). The lowest BCUT2D eigenvalue weighted by molar-refractivity contribution is 0.0372. The van der Waals surface area contributed by atoms with Crippen molar-refractivity contribution in [3.63, 3.8) is 0 Å². The van der Waals surface area contributed by atoms with Gasteiger partial charge in [0.05, 0.1) is 11.0 Å². The Morgan fingerprint density at radius 1 is 1.44 bits per heavy atom. The van der Waals surface area contributed by atoms with E-state index in [1.165, 1.54) is 11.3 Å². The molecule has 84 valence electrons. The van der Waals surface area contributed by atoms with Crippen LogP contribution < -0.4 is 0 Å². The fraction of sp³-hybridized carbons (Fsp3) is 0.273. The largest absolute Gasteiger partial charge is 0.458 e. The van der Waals surface area contributed by atoms with Crippen molar-refractivity contribution in [2.45, 2.75) is 20.0 Å². The summed E-state index contributed by atoms with van der Waals surface area (Å²) in [5.74, 6) is -0.353. The van der Waals surface area contributed by atoms with Crippen molar-refractivity contribution in [3.05, 3.63) is 28.6 Å². The highest BCUT2D eigenvalue weighted by Gasteiger charge is 2.14. The number of carbonyl (C=O) groups is 1. The van der Waals surface area contributed by atoms with E-state index in [4.69, 9.17) is 4.74 Å². The monoisotopic (exact) mass is 253 g/mol. The Hall–Kier alpha value is -1.20. The van der Waals surface area contributed by atoms with Crippen LogP contribution in [0.5, 0.6) is 0 Å². The Kier molecular flexibility index (Phi) is 3.36.